The van der Waals surface area contributed by atoms with E-state index in [1.165, 1.54) is 0 Å². The van der Waals surface area contributed by atoms with E-state index < -0.39 is 5.60 Å². The molecule has 1 N–H and O–H groups in total. The van der Waals surface area contributed by atoms with Gasteiger partial charge in [0, 0.05) is 13.1 Å². The maximum atomic E-state index is 11.9. The van der Waals surface area contributed by atoms with E-state index in [1.54, 1.807) is 4.90 Å². The first kappa shape index (κ1) is 19.1. The minimum Gasteiger partial charge on any atom is -0.444 e. The molecule has 0 aliphatic carbocycles. The number of carbonyl (C=O) groups excluding carboxylic acids is 1. The van der Waals surface area contributed by atoms with Crippen LogP contribution >= 0.6 is 0 Å². The average molecular weight is 291 g/mol. The lowest BCUT2D eigenvalue weighted by molar-refractivity contribution is 0.00787. The lowest BCUT2D eigenvalue weighted by atomic mass is 10.2. The molecule has 0 aromatic rings. The van der Waals surface area contributed by atoms with Gasteiger partial charge >= 0.3 is 6.09 Å². The zero-order valence-corrected chi connectivity index (χ0v) is 13.2. The topological polar surface area (TPSA) is 68.2 Å². The number of ether oxygens (including phenoxy) is 3. The van der Waals surface area contributed by atoms with Gasteiger partial charge in [-0.25, -0.2) is 4.79 Å². The predicted molar refractivity (Wildman–Crippen MR) is 76.8 cm³/mol. The maximum Gasteiger partial charge on any atom is 0.410 e. The van der Waals surface area contributed by atoms with Crippen molar-refractivity contribution >= 4 is 6.09 Å². The zero-order valence-electron chi connectivity index (χ0n) is 13.2. The molecular formula is C14H29NO5. The van der Waals surface area contributed by atoms with Crippen molar-refractivity contribution in [2.24, 2.45) is 0 Å². The third-order valence-electron chi connectivity index (χ3n) is 2.26. The average Bonchev–Trinajstić information content (AvgIpc) is 2.34. The molecule has 0 heterocycles. The Morgan fingerprint density at radius 2 is 1.65 bits per heavy atom. The van der Waals surface area contributed by atoms with Gasteiger partial charge in [-0.3, -0.25) is 0 Å². The second kappa shape index (κ2) is 10.9. The maximum absolute atomic E-state index is 11.9. The number of hydrogen-bond acceptors (Lipinski definition) is 5. The van der Waals surface area contributed by atoms with Crippen LogP contribution in [0.25, 0.3) is 0 Å². The van der Waals surface area contributed by atoms with Gasteiger partial charge < -0.3 is 24.2 Å². The molecule has 0 aromatic heterocycles. The quantitative estimate of drug-likeness (QED) is 0.620. The Hall–Kier alpha value is -0.850. The fourth-order valence-electron chi connectivity index (χ4n) is 1.45. The molecule has 0 rings (SSSR count). The van der Waals surface area contributed by atoms with Gasteiger partial charge in [-0.1, -0.05) is 6.92 Å². The molecule has 20 heavy (non-hydrogen) atoms. The second-order valence-electron chi connectivity index (χ2n) is 5.42. The Morgan fingerprint density at radius 3 is 2.15 bits per heavy atom. The van der Waals surface area contributed by atoms with Crippen LogP contribution in [0.15, 0.2) is 0 Å². The molecule has 0 saturated heterocycles. The highest BCUT2D eigenvalue weighted by Crippen LogP contribution is 2.10. The highest BCUT2D eigenvalue weighted by atomic mass is 16.6. The van der Waals surface area contributed by atoms with E-state index in [0.29, 0.717) is 39.5 Å². The van der Waals surface area contributed by atoms with Crippen LogP contribution in [0.1, 0.15) is 34.1 Å². The first-order valence-electron chi connectivity index (χ1n) is 7.15. The molecular weight excluding hydrogens is 262 g/mol. The Labute approximate surface area is 122 Å². The normalized spacial score (nSPS) is 11.4. The fraction of sp³-hybridized carbons (Fsp3) is 0.929. The van der Waals surface area contributed by atoms with Crippen LogP contribution in [0.5, 0.6) is 0 Å². The lowest BCUT2D eigenvalue weighted by Crippen LogP contribution is -2.39. The smallest absolute Gasteiger partial charge is 0.410 e. The standard InChI is InChI=1S/C14H29NO5/c1-5-6-15(13(17)20-14(2,3)4)7-9-18-11-12-19-10-8-16/h16H,5-12H2,1-4H3. The number of rotatable bonds is 10. The van der Waals surface area contributed by atoms with Crippen LogP contribution in [-0.4, -0.2) is 67.8 Å². The molecule has 0 unspecified atom stereocenters. The van der Waals surface area contributed by atoms with Crippen molar-refractivity contribution in [2.75, 3.05) is 46.1 Å². The molecule has 0 bridgehead atoms. The molecule has 0 radical (unpaired) electrons. The number of amides is 1. The minimum absolute atomic E-state index is 0.0168. The van der Waals surface area contributed by atoms with E-state index in [9.17, 15) is 4.79 Å². The highest BCUT2D eigenvalue weighted by Gasteiger charge is 2.21. The lowest BCUT2D eigenvalue weighted by Gasteiger charge is -2.27. The first-order chi connectivity index (χ1) is 9.40. The van der Waals surface area contributed by atoms with E-state index in [0.717, 1.165) is 6.42 Å². The van der Waals surface area contributed by atoms with Crippen LogP contribution in [0.3, 0.4) is 0 Å². The third-order valence-corrected chi connectivity index (χ3v) is 2.26. The number of hydrogen-bond donors (Lipinski definition) is 1. The zero-order chi connectivity index (χ0) is 15.4. The van der Waals surface area contributed by atoms with Gasteiger partial charge in [0.15, 0.2) is 0 Å². The van der Waals surface area contributed by atoms with Gasteiger partial charge in [0.2, 0.25) is 0 Å². The summed E-state index contributed by atoms with van der Waals surface area (Å²) in [6.45, 7) is 10.4. The number of aliphatic hydroxyl groups excluding tert-OH is 1. The van der Waals surface area contributed by atoms with Gasteiger partial charge in [-0.2, -0.15) is 0 Å². The Kier molecular flexibility index (Phi) is 10.4. The molecule has 0 spiro atoms. The van der Waals surface area contributed by atoms with Crippen molar-refractivity contribution in [3.63, 3.8) is 0 Å². The monoisotopic (exact) mass is 291 g/mol. The molecule has 120 valence electrons. The van der Waals surface area contributed by atoms with Gasteiger partial charge in [0.1, 0.15) is 5.60 Å². The van der Waals surface area contributed by atoms with E-state index in [4.69, 9.17) is 19.3 Å². The molecule has 0 fully saturated rings. The van der Waals surface area contributed by atoms with Gasteiger partial charge in [0.25, 0.3) is 0 Å². The van der Waals surface area contributed by atoms with E-state index in [1.807, 2.05) is 27.7 Å². The van der Waals surface area contributed by atoms with Crippen LogP contribution in [0.4, 0.5) is 4.79 Å². The molecule has 1 amide bonds. The molecule has 6 heteroatoms. The van der Waals surface area contributed by atoms with Crippen molar-refractivity contribution in [1.29, 1.82) is 0 Å². The molecule has 6 nitrogen and oxygen atoms in total. The molecule has 0 atom stereocenters. The molecule has 0 aliphatic rings. The summed E-state index contributed by atoms with van der Waals surface area (Å²) in [5.74, 6) is 0. The van der Waals surface area contributed by atoms with Crippen LogP contribution in [-0.2, 0) is 14.2 Å². The van der Waals surface area contributed by atoms with Gasteiger partial charge in [-0.05, 0) is 27.2 Å². The van der Waals surface area contributed by atoms with E-state index >= 15 is 0 Å². The third kappa shape index (κ3) is 11.0. The summed E-state index contributed by atoms with van der Waals surface area (Å²) in [7, 11) is 0. The predicted octanol–water partition coefficient (Wildman–Crippen LogP) is 1.66. The van der Waals surface area contributed by atoms with Crippen molar-refractivity contribution < 1.29 is 24.1 Å². The molecule has 0 saturated carbocycles. The van der Waals surface area contributed by atoms with Crippen molar-refractivity contribution in [2.45, 2.75) is 39.7 Å². The Balaban J connectivity index is 3.88. The second-order valence-corrected chi connectivity index (χ2v) is 5.42. The first-order valence-corrected chi connectivity index (χ1v) is 7.15. The van der Waals surface area contributed by atoms with Crippen molar-refractivity contribution in [1.82, 2.24) is 4.90 Å². The summed E-state index contributed by atoms with van der Waals surface area (Å²) in [4.78, 5) is 13.6. The highest BCUT2D eigenvalue weighted by molar-refractivity contribution is 5.68. The van der Waals surface area contributed by atoms with Crippen molar-refractivity contribution in [3.05, 3.63) is 0 Å². The number of aliphatic hydroxyl groups is 1. The van der Waals surface area contributed by atoms with E-state index in [2.05, 4.69) is 0 Å². The van der Waals surface area contributed by atoms with Crippen LogP contribution in [0.2, 0.25) is 0 Å². The largest absolute Gasteiger partial charge is 0.444 e. The molecule has 0 aliphatic heterocycles. The minimum atomic E-state index is -0.484. The van der Waals surface area contributed by atoms with Crippen LogP contribution in [0, 0.1) is 0 Å². The van der Waals surface area contributed by atoms with Gasteiger partial charge in [0.05, 0.1) is 33.0 Å². The summed E-state index contributed by atoms with van der Waals surface area (Å²) in [5, 5.41) is 8.53. The summed E-state index contributed by atoms with van der Waals surface area (Å²) in [6.07, 6.45) is 0.568. The number of nitrogens with zero attached hydrogens (tertiary/aromatic N) is 1. The molecule has 0 aromatic carbocycles. The van der Waals surface area contributed by atoms with Crippen molar-refractivity contribution in [3.8, 4) is 0 Å². The SMILES string of the molecule is CCCN(CCOCCOCCO)C(=O)OC(C)(C)C. The van der Waals surface area contributed by atoms with E-state index in [-0.39, 0.29) is 12.7 Å². The fourth-order valence-corrected chi connectivity index (χ4v) is 1.45. The summed E-state index contributed by atoms with van der Waals surface area (Å²) < 4.78 is 15.8. The van der Waals surface area contributed by atoms with Gasteiger partial charge in [-0.15, -0.1) is 0 Å². The van der Waals surface area contributed by atoms with Crippen LogP contribution < -0.4 is 0 Å². The summed E-state index contributed by atoms with van der Waals surface area (Å²) in [6, 6.07) is 0. The Morgan fingerprint density at radius 1 is 1.05 bits per heavy atom. The number of carbonyl (C=O) groups is 1. The summed E-state index contributed by atoms with van der Waals surface area (Å²) >= 11 is 0. The summed E-state index contributed by atoms with van der Waals surface area (Å²) in [5.41, 5.74) is -0.484. The Bertz CT molecular complexity index is 252.